The van der Waals surface area contributed by atoms with Crippen LogP contribution in [0.3, 0.4) is 0 Å². The second-order valence-corrected chi connectivity index (χ2v) is 5.10. The Labute approximate surface area is 119 Å². The molecule has 2 nitrogen and oxygen atoms in total. The predicted octanol–water partition coefficient (Wildman–Crippen LogP) is 3.69. The highest BCUT2D eigenvalue weighted by molar-refractivity contribution is 5.39. The van der Waals surface area contributed by atoms with Gasteiger partial charge in [0.15, 0.2) is 0 Å². The summed E-state index contributed by atoms with van der Waals surface area (Å²) in [5, 5.41) is 0. The molecule has 0 aliphatic rings. The minimum atomic E-state index is -0.424. The van der Waals surface area contributed by atoms with Gasteiger partial charge in [0.2, 0.25) is 0 Å². The van der Waals surface area contributed by atoms with Crippen LogP contribution in [0.15, 0.2) is 36.4 Å². The topological polar surface area (TPSA) is 35.2 Å². The standard InChI is InChI=1S/C17H20FNO/c1-11-7-8-12(2)13(9-11)10-15(19)17-14(18)5-4-6-16(17)20-3/h4-9,15H,10,19H2,1-3H3. The number of rotatable bonds is 4. The molecule has 0 radical (unpaired) electrons. The van der Waals surface area contributed by atoms with E-state index >= 15 is 0 Å². The van der Waals surface area contributed by atoms with Crippen LogP contribution in [0.5, 0.6) is 5.75 Å². The molecule has 0 amide bonds. The van der Waals surface area contributed by atoms with E-state index in [1.165, 1.54) is 24.3 Å². The van der Waals surface area contributed by atoms with Crippen molar-refractivity contribution in [1.29, 1.82) is 0 Å². The molecule has 0 bridgehead atoms. The highest BCUT2D eigenvalue weighted by atomic mass is 19.1. The van der Waals surface area contributed by atoms with Gasteiger partial charge in [0.1, 0.15) is 11.6 Å². The highest BCUT2D eigenvalue weighted by Crippen LogP contribution is 2.29. The Morgan fingerprint density at radius 1 is 1.20 bits per heavy atom. The molecule has 2 rings (SSSR count). The van der Waals surface area contributed by atoms with E-state index in [4.69, 9.17) is 10.5 Å². The second-order valence-electron chi connectivity index (χ2n) is 5.10. The van der Waals surface area contributed by atoms with Crippen molar-refractivity contribution in [2.45, 2.75) is 26.3 Å². The summed E-state index contributed by atoms with van der Waals surface area (Å²) in [6, 6.07) is 10.6. The maximum absolute atomic E-state index is 14.0. The van der Waals surface area contributed by atoms with Crippen LogP contribution in [0.1, 0.15) is 28.3 Å². The molecule has 0 saturated heterocycles. The molecular formula is C17H20FNO. The van der Waals surface area contributed by atoms with E-state index in [9.17, 15) is 4.39 Å². The van der Waals surface area contributed by atoms with Crippen LogP contribution in [0.2, 0.25) is 0 Å². The SMILES string of the molecule is COc1cccc(F)c1C(N)Cc1cc(C)ccc1C. The highest BCUT2D eigenvalue weighted by Gasteiger charge is 2.18. The molecule has 3 heteroatoms. The van der Waals surface area contributed by atoms with Crippen molar-refractivity contribution >= 4 is 0 Å². The average Bonchev–Trinajstić information content (AvgIpc) is 2.42. The number of hydrogen-bond acceptors (Lipinski definition) is 2. The fourth-order valence-electron chi connectivity index (χ4n) is 2.41. The number of hydrogen-bond donors (Lipinski definition) is 1. The Balaban J connectivity index is 2.33. The lowest BCUT2D eigenvalue weighted by atomic mass is 9.94. The monoisotopic (exact) mass is 273 g/mol. The van der Waals surface area contributed by atoms with Gasteiger partial charge in [-0.2, -0.15) is 0 Å². The van der Waals surface area contributed by atoms with Crippen LogP contribution in [0.4, 0.5) is 4.39 Å². The van der Waals surface area contributed by atoms with Crippen LogP contribution in [-0.2, 0) is 6.42 Å². The Morgan fingerprint density at radius 3 is 2.65 bits per heavy atom. The molecular weight excluding hydrogens is 253 g/mol. The average molecular weight is 273 g/mol. The van der Waals surface area contributed by atoms with Crippen molar-refractivity contribution < 1.29 is 9.13 Å². The van der Waals surface area contributed by atoms with Crippen molar-refractivity contribution in [2.24, 2.45) is 5.73 Å². The van der Waals surface area contributed by atoms with Crippen LogP contribution < -0.4 is 10.5 Å². The first-order chi connectivity index (χ1) is 9.52. The molecule has 0 saturated carbocycles. The zero-order chi connectivity index (χ0) is 14.7. The van der Waals surface area contributed by atoms with Gasteiger partial charge in [-0.25, -0.2) is 4.39 Å². The van der Waals surface area contributed by atoms with E-state index in [1.807, 2.05) is 13.8 Å². The summed E-state index contributed by atoms with van der Waals surface area (Å²) in [4.78, 5) is 0. The summed E-state index contributed by atoms with van der Waals surface area (Å²) >= 11 is 0. The third-order valence-corrected chi connectivity index (χ3v) is 3.55. The molecule has 1 unspecified atom stereocenters. The van der Waals surface area contributed by atoms with E-state index in [1.54, 1.807) is 12.1 Å². The summed E-state index contributed by atoms with van der Waals surface area (Å²) < 4.78 is 19.2. The normalized spacial score (nSPS) is 12.2. The predicted molar refractivity (Wildman–Crippen MR) is 79.5 cm³/mol. The van der Waals surface area contributed by atoms with E-state index in [0.717, 1.165) is 5.56 Å². The number of methoxy groups -OCH3 is 1. The second kappa shape index (κ2) is 6.06. The molecule has 106 valence electrons. The largest absolute Gasteiger partial charge is 0.496 e. The van der Waals surface area contributed by atoms with E-state index in [2.05, 4.69) is 18.2 Å². The van der Waals surface area contributed by atoms with Gasteiger partial charge >= 0.3 is 0 Å². The quantitative estimate of drug-likeness (QED) is 0.922. The Morgan fingerprint density at radius 2 is 1.95 bits per heavy atom. The smallest absolute Gasteiger partial charge is 0.131 e. The lowest BCUT2D eigenvalue weighted by Gasteiger charge is -2.18. The molecule has 0 heterocycles. The summed E-state index contributed by atoms with van der Waals surface area (Å²) in [7, 11) is 1.53. The van der Waals surface area contributed by atoms with Crippen molar-refractivity contribution in [1.82, 2.24) is 0 Å². The van der Waals surface area contributed by atoms with Crippen molar-refractivity contribution in [3.8, 4) is 5.75 Å². The Bertz CT molecular complexity index is 610. The summed E-state index contributed by atoms with van der Waals surface area (Å²) in [6.07, 6.45) is 0.588. The van der Waals surface area contributed by atoms with Crippen molar-refractivity contribution in [2.75, 3.05) is 7.11 Å². The van der Waals surface area contributed by atoms with E-state index in [-0.39, 0.29) is 5.82 Å². The molecule has 0 spiro atoms. The van der Waals surface area contributed by atoms with Gasteiger partial charge in [-0.1, -0.05) is 29.8 Å². The zero-order valence-corrected chi connectivity index (χ0v) is 12.1. The Kier molecular flexibility index (Phi) is 4.40. The first-order valence-corrected chi connectivity index (χ1v) is 6.67. The van der Waals surface area contributed by atoms with Crippen molar-refractivity contribution in [3.63, 3.8) is 0 Å². The number of nitrogens with two attached hydrogens (primary N) is 1. The number of ether oxygens (including phenoxy) is 1. The van der Waals surface area contributed by atoms with Gasteiger partial charge in [0, 0.05) is 11.6 Å². The van der Waals surface area contributed by atoms with Gasteiger partial charge in [-0.05, 0) is 43.5 Å². The molecule has 2 aromatic rings. The molecule has 0 fully saturated rings. The fraction of sp³-hybridized carbons (Fsp3) is 0.294. The molecule has 20 heavy (non-hydrogen) atoms. The fourth-order valence-corrected chi connectivity index (χ4v) is 2.41. The maximum atomic E-state index is 14.0. The third kappa shape index (κ3) is 2.99. The van der Waals surface area contributed by atoms with Gasteiger partial charge in [0.05, 0.1) is 7.11 Å². The maximum Gasteiger partial charge on any atom is 0.131 e. The zero-order valence-electron chi connectivity index (χ0n) is 12.1. The molecule has 0 aromatic heterocycles. The molecule has 2 N–H and O–H groups in total. The van der Waals surface area contributed by atoms with Gasteiger partial charge in [-0.15, -0.1) is 0 Å². The van der Waals surface area contributed by atoms with E-state index < -0.39 is 6.04 Å². The molecule has 0 aliphatic carbocycles. The first kappa shape index (κ1) is 14.5. The lowest BCUT2D eigenvalue weighted by molar-refractivity contribution is 0.398. The number of halogens is 1. The number of aryl methyl sites for hydroxylation is 2. The van der Waals surface area contributed by atoms with Crippen LogP contribution in [0.25, 0.3) is 0 Å². The van der Waals surface area contributed by atoms with Gasteiger partial charge in [0.25, 0.3) is 0 Å². The van der Waals surface area contributed by atoms with Crippen LogP contribution >= 0.6 is 0 Å². The van der Waals surface area contributed by atoms with Gasteiger partial charge < -0.3 is 10.5 Å². The third-order valence-electron chi connectivity index (χ3n) is 3.55. The molecule has 0 aliphatic heterocycles. The minimum Gasteiger partial charge on any atom is -0.496 e. The lowest BCUT2D eigenvalue weighted by Crippen LogP contribution is -2.17. The summed E-state index contributed by atoms with van der Waals surface area (Å²) in [6.45, 7) is 4.08. The van der Waals surface area contributed by atoms with Crippen LogP contribution in [0, 0.1) is 19.7 Å². The van der Waals surface area contributed by atoms with Crippen LogP contribution in [-0.4, -0.2) is 7.11 Å². The first-order valence-electron chi connectivity index (χ1n) is 6.67. The summed E-state index contributed by atoms with van der Waals surface area (Å²) in [5.41, 5.74) is 10.1. The van der Waals surface area contributed by atoms with Crippen molar-refractivity contribution in [3.05, 3.63) is 64.5 Å². The summed E-state index contributed by atoms with van der Waals surface area (Å²) in [5.74, 6) is 0.185. The Hall–Kier alpha value is -1.87. The molecule has 2 aromatic carbocycles. The number of benzene rings is 2. The van der Waals surface area contributed by atoms with E-state index in [0.29, 0.717) is 17.7 Å². The minimum absolute atomic E-state index is 0.317. The molecule has 1 atom stereocenters. The van der Waals surface area contributed by atoms with Gasteiger partial charge in [-0.3, -0.25) is 0 Å².